The van der Waals surface area contributed by atoms with Gasteiger partial charge >= 0.3 is 0 Å². The molecule has 0 amide bonds. The number of rotatable bonds is 1. The van der Waals surface area contributed by atoms with Crippen molar-refractivity contribution in [3.8, 4) is 5.75 Å². The lowest BCUT2D eigenvalue weighted by Gasteiger charge is -2.33. The Morgan fingerprint density at radius 2 is 2.24 bits per heavy atom. The minimum absolute atomic E-state index is 0.255. The number of para-hydroxylation sites is 1. The molecule has 2 heterocycles. The number of phenols is 1. The van der Waals surface area contributed by atoms with E-state index in [0.717, 1.165) is 11.3 Å². The van der Waals surface area contributed by atoms with E-state index in [2.05, 4.69) is 10.4 Å². The van der Waals surface area contributed by atoms with E-state index < -0.39 is 5.66 Å². The van der Waals surface area contributed by atoms with Gasteiger partial charge in [0.2, 0.25) is 0 Å². The van der Waals surface area contributed by atoms with E-state index in [0.29, 0.717) is 0 Å². The highest BCUT2D eigenvalue weighted by Gasteiger charge is 2.28. The molecule has 0 saturated heterocycles. The quantitative estimate of drug-likeness (QED) is 0.735. The summed E-state index contributed by atoms with van der Waals surface area (Å²) in [6.45, 7) is 2.01. The fourth-order valence-corrected chi connectivity index (χ4v) is 2.06. The maximum atomic E-state index is 9.86. The van der Waals surface area contributed by atoms with Crippen LogP contribution in [0.4, 0.5) is 5.69 Å². The van der Waals surface area contributed by atoms with Crippen molar-refractivity contribution in [3.63, 3.8) is 0 Å². The summed E-state index contributed by atoms with van der Waals surface area (Å²) in [7, 11) is 0. The third-order valence-corrected chi connectivity index (χ3v) is 3.02. The van der Waals surface area contributed by atoms with Crippen LogP contribution in [-0.2, 0) is 5.66 Å². The van der Waals surface area contributed by atoms with Crippen LogP contribution in [0.2, 0.25) is 0 Å². The van der Waals surface area contributed by atoms with Crippen molar-refractivity contribution < 1.29 is 5.11 Å². The number of hydrogen-bond donors (Lipinski definition) is 2. The number of aromatic nitrogens is 2. The smallest absolute Gasteiger partial charge is 0.148 e. The van der Waals surface area contributed by atoms with Crippen molar-refractivity contribution in [1.82, 2.24) is 9.78 Å². The molecule has 1 aromatic carbocycles. The van der Waals surface area contributed by atoms with Crippen LogP contribution in [0.3, 0.4) is 0 Å². The maximum Gasteiger partial charge on any atom is 0.148 e. The maximum absolute atomic E-state index is 9.86. The van der Waals surface area contributed by atoms with Crippen molar-refractivity contribution in [1.29, 1.82) is 0 Å². The Morgan fingerprint density at radius 3 is 3.00 bits per heavy atom. The largest absolute Gasteiger partial charge is 0.506 e. The number of aromatic hydroxyl groups is 1. The first-order valence-corrected chi connectivity index (χ1v) is 5.48. The van der Waals surface area contributed by atoms with Gasteiger partial charge in [-0.15, -0.1) is 0 Å². The van der Waals surface area contributed by atoms with Crippen molar-refractivity contribution in [2.24, 2.45) is 0 Å². The Labute approximate surface area is 99.2 Å². The fourth-order valence-electron chi connectivity index (χ4n) is 2.06. The Bertz CT molecular complexity index is 574. The number of fused-ring (bicyclic) bond motifs is 1. The number of nitrogens with one attached hydrogen (secondary N) is 1. The average Bonchev–Trinajstić information content (AvgIpc) is 2.85. The van der Waals surface area contributed by atoms with Crippen molar-refractivity contribution in [3.05, 3.63) is 48.3 Å². The summed E-state index contributed by atoms with van der Waals surface area (Å²) in [6.07, 6.45) is 7.65. The van der Waals surface area contributed by atoms with Crippen molar-refractivity contribution in [2.45, 2.75) is 12.6 Å². The van der Waals surface area contributed by atoms with E-state index in [4.69, 9.17) is 0 Å². The van der Waals surface area contributed by atoms with Gasteiger partial charge in [-0.1, -0.05) is 18.2 Å². The predicted molar refractivity (Wildman–Crippen MR) is 66.6 cm³/mol. The third-order valence-electron chi connectivity index (χ3n) is 3.02. The standard InChI is InChI=1S/C13H13N3O/c1-13(16-9-3-8-14-16)7-6-10-4-2-5-11(17)12(10)15-13/h2-9,15,17H,1H3. The van der Waals surface area contributed by atoms with Gasteiger partial charge in [-0.3, -0.25) is 0 Å². The minimum Gasteiger partial charge on any atom is -0.506 e. The van der Waals surface area contributed by atoms with E-state index in [1.165, 1.54) is 0 Å². The second-order valence-corrected chi connectivity index (χ2v) is 4.30. The fraction of sp³-hybridized carbons (Fsp3) is 0.154. The normalized spacial score (nSPS) is 21.9. The molecule has 0 aliphatic carbocycles. The first-order valence-electron chi connectivity index (χ1n) is 5.48. The Balaban J connectivity index is 2.09. The molecule has 4 nitrogen and oxygen atoms in total. The summed E-state index contributed by atoms with van der Waals surface area (Å²) in [5, 5.41) is 17.4. The highest BCUT2D eigenvalue weighted by molar-refractivity contribution is 5.76. The van der Waals surface area contributed by atoms with Gasteiger partial charge in [0.15, 0.2) is 0 Å². The molecule has 3 rings (SSSR count). The first-order chi connectivity index (χ1) is 8.19. The van der Waals surface area contributed by atoms with Crippen molar-refractivity contribution >= 4 is 11.8 Å². The van der Waals surface area contributed by atoms with Crippen LogP contribution in [0.25, 0.3) is 6.08 Å². The van der Waals surface area contributed by atoms with Crippen LogP contribution in [0, 0.1) is 0 Å². The summed E-state index contributed by atoms with van der Waals surface area (Å²) < 4.78 is 1.82. The predicted octanol–water partition coefficient (Wildman–Crippen LogP) is 2.40. The highest BCUT2D eigenvalue weighted by Crippen LogP contribution is 2.36. The second kappa shape index (κ2) is 3.38. The molecule has 0 fully saturated rings. The zero-order chi connectivity index (χ0) is 11.9. The molecule has 1 aromatic heterocycles. The molecule has 0 radical (unpaired) electrons. The van der Waals surface area contributed by atoms with Gasteiger partial charge in [0, 0.05) is 18.0 Å². The summed E-state index contributed by atoms with van der Waals surface area (Å²) in [5.41, 5.74) is 1.28. The molecule has 2 N–H and O–H groups in total. The molecule has 1 aliphatic heterocycles. The topological polar surface area (TPSA) is 50.1 Å². The molecular weight excluding hydrogens is 214 g/mol. The van der Waals surface area contributed by atoms with E-state index in [1.807, 2.05) is 48.2 Å². The summed E-state index contributed by atoms with van der Waals surface area (Å²) in [5.74, 6) is 0.255. The molecule has 0 bridgehead atoms. The van der Waals surface area contributed by atoms with Gasteiger partial charge < -0.3 is 10.4 Å². The summed E-state index contributed by atoms with van der Waals surface area (Å²) in [4.78, 5) is 0. The van der Waals surface area contributed by atoms with Gasteiger partial charge in [0.05, 0.1) is 5.69 Å². The van der Waals surface area contributed by atoms with Gasteiger partial charge in [-0.25, -0.2) is 4.68 Å². The van der Waals surface area contributed by atoms with E-state index in [-0.39, 0.29) is 5.75 Å². The lowest BCUT2D eigenvalue weighted by atomic mass is 10.0. The lowest BCUT2D eigenvalue weighted by molar-refractivity contribution is 0.413. The minimum atomic E-state index is -0.449. The molecule has 1 unspecified atom stereocenters. The number of hydrogen-bond acceptors (Lipinski definition) is 3. The summed E-state index contributed by atoms with van der Waals surface area (Å²) >= 11 is 0. The van der Waals surface area contributed by atoms with Gasteiger partial charge in [-0.05, 0) is 25.1 Å². The molecular formula is C13H13N3O. The van der Waals surface area contributed by atoms with Gasteiger partial charge in [0.1, 0.15) is 11.4 Å². The van der Waals surface area contributed by atoms with Crippen LogP contribution in [0.15, 0.2) is 42.7 Å². The van der Waals surface area contributed by atoms with Crippen LogP contribution in [0.5, 0.6) is 5.75 Å². The summed E-state index contributed by atoms with van der Waals surface area (Å²) in [6, 6.07) is 7.34. The van der Waals surface area contributed by atoms with E-state index in [1.54, 1.807) is 12.3 Å². The molecule has 2 aromatic rings. The van der Waals surface area contributed by atoms with E-state index in [9.17, 15) is 5.11 Å². The van der Waals surface area contributed by atoms with Crippen molar-refractivity contribution in [2.75, 3.05) is 5.32 Å². The number of anilines is 1. The Morgan fingerprint density at radius 1 is 1.35 bits per heavy atom. The number of benzene rings is 1. The monoisotopic (exact) mass is 227 g/mol. The van der Waals surface area contributed by atoms with Crippen LogP contribution in [0.1, 0.15) is 12.5 Å². The molecule has 1 aliphatic rings. The van der Waals surface area contributed by atoms with Gasteiger partial charge in [-0.2, -0.15) is 5.10 Å². The first kappa shape index (κ1) is 9.96. The number of phenolic OH excluding ortho intramolecular Hbond substituents is 1. The highest BCUT2D eigenvalue weighted by atomic mass is 16.3. The Kier molecular flexibility index (Phi) is 1.98. The zero-order valence-electron chi connectivity index (χ0n) is 9.46. The molecule has 0 saturated carbocycles. The van der Waals surface area contributed by atoms with Gasteiger partial charge in [0.25, 0.3) is 0 Å². The zero-order valence-corrected chi connectivity index (χ0v) is 9.46. The molecule has 4 heteroatoms. The molecule has 0 spiro atoms. The second-order valence-electron chi connectivity index (χ2n) is 4.30. The average molecular weight is 227 g/mol. The Hall–Kier alpha value is -2.23. The SMILES string of the molecule is CC1(n2cccn2)C=Cc2cccc(O)c2N1. The van der Waals surface area contributed by atoms with Crippen LogP contribution < -0.4 is 5.32 Å². The van der Waals surface area contributed by atoms with Crippen LogP contribution >= 0.6 is 0 Å². The van der Waals surface area contributed by atoms with E-state index >= 15 is 0 Å². The third kappa shape index (κ3) is 1.49. The molecule has 1 atom stereocenters. The molecule has 17 heavy (non-hydrogen) atoms. The molecule has 86 valence electrons. The lowest BCUT2D eigenvalue weighted by Crippen LogP contribution is -2.38. The number of nitrogens with zero attached hydrogens (tertiary/aromatic N) is 2. The van der Waals surface area contributed by atoms with Crippen LogP contribution in [-0.4, -0.2) is 14.9 Å².